The largest absolute Gasteiger partial charge is 0.368 e. The van der Waals surface area contributed by atoms with E-state index < -0.39 is 5.54 Å². The number of nitrogens with two attached hydrogens (primary N) is 1. The summed E-state index contributed by atoms with van der Waals surface area (Å²) in [6.07, 6.45) is 0. The zero-order valence-corrected chi connectivity index (χ0v) is 12.0. The van der Waals surface area contributed by atoms with E-state index in [9.17, 15) is 4.79 Å². The summed E-state index contributed by atoms with van der Waals surface area (Å²) in [5.74, 6) is -0.339. The quantitative estimate of drug-likeness (QED) is 0.859. The van der Waals surface area contributed by atoms with Gasteiger partial charge in [-0.3, -0.25) is 10.1 Å². The Morgan fingerprint density at radius 2 is 1.61 bits per heavy atom. The van der Waals surface area contributed by atoms with E-state index in [0.29, 0.717) is 6.54 Å². The molecule has 3 N–H and O–H groups in total. The molecule has 3 heteroatoms. The molecule has 0 fully saturated rings. The molecule has 0 saturated heterocycles. The van der Waals surface area contributed by atoms with Crippen molar-refractivity contribution in [1.82, 2.24) is 5.32 Å². The molecule has 0 aliphatic carbocycles. The van der Waals surface area contributed by atoms with Gasteiger partial charge in [0, 0.05) is 6.54 Å². The third kappa shape index (κ3) is 3.84. The maximum absolute atomic E-state index is 11.2. The minimum absolute atomic E-state index is 0.165. The second-order valence-electron chi connectivity index (χ2n) is 6.29. The highest BCUT2D eigenvalue weighted by atomic mass is 16.1. The first-order valence-corrected chi connectivity index (χ1v) is 6.27. The van der Waals surface area contributed by atoms with Gasteiger partial charge in [-0.2, -0.15) is 0 Å². The van der Waals surface area contributed by atoms with Crippen LogP contribution in [0, 0.1) is 0 Å². The molecule has 18 heavy (non-hydrogen) atoms. The molecule has 1 aromatic rings. The van der Waals surface area contributed by atoms with Crippen molar-refractivity contribution in [3.63, 3.8) is 0 Å². The maximum atomic E-state index is 11.2. The lowest BCUT2D eigenvalue weighted by molar-refractivity contribution is -0.123. The predicted octanol–water partition coefficient (Wildman–Crippen LogP) is 2.34. The molecular formula is C15H24N2O. The molecule has 1 rings (SSSR count). The molecule has 100 valence electrons. The van der Waals surface area contributed by atoms with Gasteiger partial charge in [-0.15, -0.1) is 0 Å². The van der Waals surface area contributed by atoms with Gasteiger partial charge < -0.3 is 5.73 Å². The minimum atomic E-state index is -0.678. The van der Waals surface area contributed by atoms with Crippen LogP contribution in [0.4, 0.5) is 0 Å². The summed E-state index contributed by atoms with van der Waals surface area (Å²) < 4.78 is 0. The normalized spacial score (nSPS) is 12.5. The van der Waals surface area contributed by atoms with Gasteiger partial charge in [-0.25, -0.2) is 0 Å². The van der Waals surface area contributed by atoms with E-state index in [2.05, 4.69) is 50.4 Å². The number of benzene rings is 1. The maximum Gasteiger partial charge on any atom is 0.237 e. The van der Waals surface area contributed by atoms with Gasteiger partial charge in [0.2, 0.25) is 5.91 Å². The van der Waals surface area contributed by atoms with Gasteiger partial charge in [-0.05, 0) is 30.4 Å². The molecule has 0 unspecified atom stereocenters. The fraction of sp³-hybridized carbons (Fsp3) is 0.533. The summed E-state index contributed by atoms with van der Waals surface area (Å²) in [4.78, 5) is 11.2. The van der Waals surface area contributed by atoms with Crippen LogP contribution in [0.2, 0.25) is 0 Å². The molecule has 0 saturated carbocycles. The van der Waals surface area contributed by atoms with Gasteiger partial charge in [0.1, 0.15) is 0 Å². The van der Waals surface area contributed by atoms with Crippen LogP contribution in [0.5, 0.6) is 0 Å². The Labute approximate surface area is 110 Å². The Morgan fingerprint density at radius 1 is 1.11 bits per heavy atom. The Kier molecular flexibility index (Phi) is 4.17. The van der Waals surface area contributed by atoms with E-state index in [1.165, 1.54) is 5.56 Å². The van der Waals surface area contributed by atoms with E-state index in [-0.39, 0.29) is 11.3 Å². The highest BCUT2D eigenvalue weighted by Crippen LogP contribution is 2.22. The summed E-state index contributed by atoms with van der Waals surface area (Å²) in [6, 6.07) is 8.44. The lowest BCUT2D eigenvalue weighted by Gasteiger charge is -2.23. The predicted molar refractivity (Wildman–Crippen MR) is 75.3 cm³/mol. The van der Waals surface area contributed by atoms with Crippen LogP contribution in [0.25, 0.3) is 0 Å². The van der Waals surface area contributed by atoms with Crippen LogP contribution in [0.3, 0.4) is 0 Å². The Balaban J connectivity index is 2.68. The zero-order chi connectivity index (χ0) is 14.0. The van der Waals surface area contributed by atoms with Crippen molar-refractivity contribution in [3.8, 4) is 0 Å². The molecule has 0 heterocycles. The number of nitrogens with one attached hydrogen (secondary N) is 1. The molecular weight excluding hydrogens is 224 g/mol. The highest BCUT2D eigenvalue weighted by Gasteiger charge is 2.23. The summed E-state index contributed by atoms with van der Waals surface area (Å²) in [5, 5.41) is 3.16. The van der Waals surface area contributed by atoms with E-state index >= 15 is 0 Å². The van der Waals surface area contributed by atoms with Crippen molar-refractivity contribution in [2.75, 3.05) is 0 Å². The first kappa shape index (κ1) is 14.7. The van der Waals surface area contributed by atoms with Gasteiger partial charge in [0.05, 0.1) is 5.54 Å². The topological polar surface area (TPSA) is 55.1 Å². The lowest BCUT2D eigenvalue weighted by atomic mass is 9.87. The van der Waals surface area contributed by atoms with E-state index in [4.69, 9.17) is 5.73 Å². The summed E-state index contributed by atoms with van der Waals surface area (Å²) in [6.45, 7) is 10.8. The van der Waals surface area contributed by atoms with Crippen LogP contribution in [0.1, 0.15) is 45.7 Å². The number of hydrogen-bond donors (Lipinski definition) is 2. The average Bonchev–Trinajstić information content (AvgIpc) is 2.25. The zero-order valence-electron chi connectivity index (χ0n) is 12.0. The minimum Gasteiger partial charge on any atom is -0.368 e. The van der Waals surface area contributed by atoms with Crippen LogP contribution >= 0.6 is 0 Å². The molecule has 0 aliphatic heterocycles. The monoisotopic (exact) mass is 248 g/mol. The van der Waals surface area contributed by atoms with Crippen molar-refractivity contribution in [3.05, 3.63) is 35.4 Å². The third-order valence-corrected chi connectivity index (χ3v) is 3.17. The standard InChI is InChI=1S/C15H24N2O/c1-14(2,3)12-8-6-11(7-9-12)10-17-15(4,5)13(16)18/h6-9,17H,10H2,1-5H3,(H2,16,18). The summed E-state index contributed by atoms with van der Waals surface area (Å²) in [7, 11) is 0. The van der Waals surface area contributed by atoms with Crippen LogP contribution in [0.15, 0.2) is 24.3 Å². The van der Waals surface area contributed by atoms with Gasteiger partial charge in [0.25, 0.3) is 0 Å². The van der Waals surface area contributed by atoms with Crippen molar-refractivity contribution < 1.29 is 4.79 Å². The smallest absolute Gasteiger partial charge is 0.237 e. The fourth-order valence-electron chi connectivity index (χ4n) is 1.53. The van der Waals surface area contributed by atoms with Crippen LogP contribution < -0.4 is 11.1 Å². The molecule has 0 radical (unpaired) electrons. The second-order valence-corrected chi connectivity index (χ2v) is 6.29. The molecule has 1 amide bonds. The Bertz CT molecular complexity index is 413. The summed E-state index contributed by atoms with van der Waals surface area (Å²) in [5.41, 5.74) is 7.26. The molecule has 0 bridgehead atoms. The van der Waals surface area contributed by atoms with E-state index in [0.717, 1.165) is 5.56 Å². The van der Waals surface area contributed by atoms with Gasteiger partial charge >= 0.3 is 0 Å². The Morgan fingerprint density at radius 3 is 2.00 bits per heavy atom. The van der Waals surface area contributed by atoms with Gasteiger partial charge in [0.15, 0.2) is 0 Å². The number of rotatable bonds is 4. The summed E-state index contributed by atoms with van der Waals surface area (Å²) >= 11 is 0. The number of carbonyl (C=O) groups is 1. The lowest BCUT2D eigenvalue weighted by Crippen LogP contribution is -2.50. The third-order valence-electron chi connectivity index (χ3n) is 3.17. The second kappa shape index (κ2) is 5.11. The Hall–Kier alpha value is -1.35. The van der Waals surface area contributed by atoms with Crippen molar-refractivity contribution >= 4 is 5.91 Å². The molecule has 0 aromatic heterocycles. The molecule has 0 atom stereocenters. The first-order chi connectivity index (χ1) is 8.13. The molecule has 0 aliphatic rings. The van der Waals surface area contributed by atoms with Crippen molar-refractivity contribution in [2.24, 2.45) is 5.73 Å². The van der Waals surface area contributed by atoms with Crippen LogP contribution in [-0.2, 0) is 16.8 Å². The van der Waals surface area contributed by atoms with E-state index in [1.54, 1.807) is 13.8 Å². The highest BCUT2D eigenvalue weighted by molar-refractivity contribution is 5.83. The number of primary amides is 1. The average molecular weight is 248 g/mol. The molecule has 1 aromatic carbocycles. The number of amides is 1. The van der Waals surface area contributed by atoms with E-state index in [1.807, 2.05) is 0 Å². The molecule has 3 nitrogen and oxygen atoms in total. The van der Waals surface area contributed by atoms with Crippen molar-refractivity contribution in [2.45, 2.75) is 52.1 Å². The SMILES string of the molecule is CC(C)(NCc1ccc(C(C)(C)C)cc1)C(N)=O. The first-order valence-electron chi connectivity index (χ1n) is 6.27. The van der Waals surface area contributed by atoms with Crippen LogP contribution in [-0.4, -0.2) is 11.4 Å². The number of hydrogen-bond acceptors (Lipinski definition) is 2. The van der Waals surface area contributed by atoms with Crippen molar-refractivity contribution in [1.29, 1.82) is 0 Å². The molecule has 0 spiro atoms. The number of carbonyl (C=O) groups excluding carboxylic acids is 1. The fourth-order valence-corrected chi connectivity index (χ4v) is 1.53. The van der Waals surface area contributed by atoms with Gasteiger partial charge in [-0.1, -0.05) is 45.0 Å².